The minimum Gasteiger partial charge on any atom is -0.496 e. The van der Waals surface area contributed by atoms with Crippen molar-refractivity contribution in [1.29, 1.82) is 0 Å². The van der Waals surface area contributed by atoms with Crippen LogP contribution in [-0.2, 0) is 6.61 Å². The van der Waals surface area contributed by atoms with Crippen LogP contribution >= 0.6 is 11.8 Å². The molecular weight excluding hydrogens is 406 g/mol. The summed E-state index contributed by atoms with van der Waals surface area (Å²) in [6, 6.07) is 27.3. The van der Waals surface area contributed by atoms with Crippen molar-refractivity contribution < 1.29 is 14.3 Å². The van der Waals surface area contributed by atoms with Crippen LogP contribution in [0, 0.1) is 0 Å². The molecule has 4 aromatic rings. The Hall–Kier alpha value is -3.44. The summed E-state index contributed by atoms with van der Waals surface area (Å²) in [6.45, 7) is 0.296. The number of ether oxygens (including phenoxy) is 2. The van der Waals surface area contributed by atoms with Gasteiger partial charge in [-0.05, 0) is 65.6 Å². The Labute approximate surface area is 186 Å². The fraction of sp³-hybridized carbons (Fsp3) is 0.115. The minimum atomic E-state index is -0.173. The van der Waals surface area contributed by atoms with Gasteiger partial charge in [0.1, 0.15) is 18.1 Å². The number of thioether (sulfide) groups is 1. The van der Waals surface area contributed by atoms with E-state index in [9.17, 15) is 4.79 Å². The molecule has 5 heteroatoms. The number of fused-ring (bicyclic) bond motifs is 1. The smallest absolute Gasteiger partial charge is 0.255 e. The summed E-state index contributed by atoms with van der Waals surface area (Å²) < 4.78 is 11.5. The summed E-state index contributed by atoms with van der Waals surface area (Å²) in [5.74, 6) is 1.28. The van der Waals surface area contributed by atoms with Crippen molar-refractivity contribution in [3.63, 3.8) is 0 Å². The van der Waals surface area contributed by atoms with E-state index in [1.807, 2.05) is 66.9 Å². The molecule has 0 unspecified atom stereocenters. The first-order valence-corrected chi connectivity index (χ1v) is 11.1. The molecule has 0 aliphatic rings. The largest absolute Gasteiger partial charge is 0.496 e. The van der Waals surface area contributed by atoms with E-state index in [-0.39, 0.29) is 5.91 Å². The number of methoxy groups -OCH3 is 1. The number of hydrogen-bond acceptors (Lipinski definition) is 4. The lowest BCUT2D eigenvalue weighted by molar-refractivity contribution is 0.102. The molecule has 4 aromatic carbocycles. The second kappa shape index (κ2) is 9.58. The van der Waals surface area contributed by atoms with Gasteiger partial charge in [-0.3, -0.25) is 4.79 Å². The molecule has 0 saturated carbocycles. The van der Waals surface area contributed by atoms with Gasteiger partial charge in [-0.15, -0.1) is 11.8 Å². The third kappa shape index (κ3) is 5.01. The van der Waals surface area contributed by atoms with Gasteiger partial charge in [0, 0.05) is 21.7 Å². The van der Waals surface area contributed by atoms with Gasteiger partial charge in [-0.2, -0.15) is 0 Å². The van der Waals surface area contributed by atoms with Gasteiger partial charge in [-0.25, -0.2) is 0 Å². The maximum atomic E-state index is 12.8. The average molecular weight is 430 g/mol. The molecule has 0 aliphatic heterocycles. The Morgan fingerprint density at radius 3 is 2.55 bits per heavy atom. The highest BCUT2D eigenvalue weighted by molar-refractivity contribution is 7.98. The Morgan fingerprint density at radius 2 is 1.74 bits per heavy atom. The van der Waals surface area contributed by atoms with E-state index in [1.54, 1.807) is 31.0 Å². The lowest BCUT2D eigenvalue weighted by Crippen LogP contribution is -2.13. The first-order chi connectivity index (χ1) is 15.2. The molecule has 0 heterocycles. The Balaban J connectivity index is 1.51. The third-order valence-electron chi connectivity index (χ3n) is 4.99. The molecule has 0 radical (unpaired) electrons. The Morgan fingerprint density at radius 1 is 0.903 bits per heavy atom. The van der Waals surface area contributed by atoms with Crippen molar-refractivity contribution in [3.05, 3.63) is 96.1 Å². The van der Waals surface area contributed by atoms with E-state index in [4.69, 9.17) is 9.47 Å². The van der Waals surface area contributed by atoms with Crippen LogP contribution < -0.4 is 14.8 Å². The molecule has 0 spiro atoms. The highest BCUT2D eigenvalue weighted by Gasteiger charge is 2.12. The van der Waals surface area contributed by atoms with Crippen LogP contribution in [0.5, 0.6) is 11.5 Å². The first-order valence-electron chi connectivity index (χ1n) is 9.90. The average Bonchev–Trinajstić information content (AvgIpc) is 2.82. The van der Waals surface area contributed by atoms with E-state index in [1.165, 1.54) is 0 Å². The fourth-order valence-electron chi connectivity index (χ4n) is 3.35. The van der Waals surface area contributed by atoms with E-state index in [0.29, 0.717) is 17.9 Å². The van der Waals surface area contributed by atoms with Crippen LogP contribution in [-0.4, -0.2) is 19.3 Å². The van der Waals surface area contributed by atoms with Gasteiger partial charge < -0.3 is 14.8 Å². The molecule has 0 aromatic heterocycles. The van der Waals surface area contributed by atoms with Gasteiger partial charge in [0.15, 0.2) is 0 Å². The summed E-state index contributed by atoms with van der Waals surface area (Å²) in [4.78, 5) is 13.9. The number of hydrogen-bond donors (Lipinski definition) is 1. The topological polar surface area (TPSA) is 47.6 Å². The predicted octanol–water partition coefficient (Wildman–Crippen LogP) is 6.40. The van der Waals surface area contributed by atoms with Crippen LogP contribution in [0.15, 0.2) is 89.8 Å². The summed E-state index contributed by atoms with van der Waals surface area (Å²) >= 11 is 1.63. The lowest BCUT2D eigenvalue weighted by atomic mass is 10.1. The van der Waals surface area contributed by atoms with Crippen LogP contribution in [0.1, 0.15) is 15.9 Å². The highest BCUT2D eigenvalue weighted by atomic mass is 32.2. The summed E-state index contributed by atoms with van der Waals surface area (Å²) in [6.07, 6.45) is 2.01. The van der Waals surface area contributed by atoms with Crippen molar-refractivity contribution in [3.8, 4) is 11.5 Å². The second-order valence-electron chi connectivity index (χ2n) is 7.01. The molecule has 0 fully saturated rings. The zero-order valence-electron chi connectivity index (χ0n) is 17.4. The number of carbonyl (C=O) groups excluding carboxylic acids is 1. The molecule has 0 bridgehead atoms. The first kappa shape index (κ1) is 20.8. The van der Waals surface area contributed by atoms with Gasteiger partial charge in [0.05, 0.1) is 7.11 Å². The van der Waals surface area contributed by atoms with Crippen molar-refractivity contribution in [1.82, 2.24) is 0 Å². The SMILES string of the molecule is COc1ccc(C(=O)Nc2cccc(SC)c2)cc1COc1ccc2ccccc2c1. The molecule has 0 aliphatic carbocycles. The number of nitrogens with one attached hydrogen (secondary N) is 1. The summed E-state index contributed by atoms with van der Waals surface area (Å²) in [5.41, 5.74) is 2.12. The van der Waals surface area contributed by atoms with Crippen molar-refractivity contribution in [2.24, 2.45) is 0 Å². The maximum Gasteiger partial charge on any atom is 0.255 e. The van der Waals surface area contributed by atoms with Crippen molar-refractivity contribution >= 4 is 34.1 Å². The molecule has 1 amide bonds. The number of carbonyl (C=O) groups is 1. The molecule has 0 saturated heterocycles. The third-order valence-corrected chi connectivity index (χ3v) is 5.71. The van der Waals surface area contributed by atoms with Crippen molar-refractivity contribution in [2.45, 2.75) is 11.5 Å². The monoisotopic (exact) mass is 429 g/mol. The fourth-order valence-corrected chi connectivity index (χ4v) is 3.81. The molecule has 0 atom stereocenters. The molecule has 4 nitrogen and oxygen atoms in total. The summed E-state index contributed by atoms with van der Waals surface area (Å²) in [5, 5.41) is 5.24. The minimum absolute atomic E-state index is 0.173. The Bertz CT molecular complexity index is 1220. The highest BCUT2D eigenvalue weighted by Crippen LogP contribution is 2.26. The molecule has 1 N–H and O–H groups in total. The van der Waals surface area contributed by atoms with Gasteiger partial charge in [-0.1, -0.05) is 36.4 Å². The van der Waals surface area contributed by atoms with Crippen molar-refractivity contribution in [2.75, 3.05) is 18.7 Å². The van der Waals surface area contributed by atoms with Crippen LogP contribution in [0.3, 0.4) is 0 Å². The quantitative estimate of drug-likeness (QED) is 0.345. The van der Waals surface area contributed by atoms with Gasteiger partial charge >= 0.3 is 0 Å². The van der Waals surface area contributed by atoms with Gasteiger partial charge in [0.25, 0.3) is 5.91 Å². The molecule has 4 rings (SSSR count). The summed E-state index contributed by atoms with van der Waals surface area (Å²) in [7, 11) is 1.61. The zero-order chi connectivity index (χ0) is 21.6. The second-order valence-corrected chi connectivity index (χ2v) is 7.89. The van der Waals surface area contributed by atoms with Crippen LogP contribution in [0.4, 0.5) is 5.69 Å². The number of benzene rings is 4. The van der Waals surface area contributed by atoms with Crippen LogP contribution in [0.2, 0.25) is 0 Å². The molecular formula is C26H23NO3S. The molecule has 156 valence electrons. The van der Waals surface area contributed by atoms with E-state index in [0.717, 1.165) is 32.7 Å². The lowest BCUT2D eigenvalue weighted by Gasteiger charge is -2.13. The van der Waals surface area contributed by atoms with E-state index < -0.39 is 0 Å². The number of amides is 1. The maximum absolute atomic E-state index is 12.8. The van der Waals surface area contributed by atoms with Gasteiger partial charge in [0.2, 0.25) is 0 Å². The Kier molecular flexibility index (Phi) is 6.43. The normalized spacial score (nSPS) is 10.6. The molecule has 31 heavy (non-hydrogen) atoms. The zero-order valence-corrected chi connectivity index (χ0v) is 18.2. The number of anilines is 1. The van der Waals surface area contributed by atoms with E-state index >= 15 is 0 Å². The van der Waals surface area contributed by atoms with E-state index in [2.05, 4.69) is 17.4 Å². The number of rotatable bonds is 7. The van der Waals surface area contributed by atoms with Crippen LogP contribution in [0.25, 0.3) is 10.8 Å². The standard InChI is InChI=1S/C26H23NO3S/c1-29-25-13-11-20(26(28)27-22-8-5-9-24(16-22)31-2)14-21(25)17-30-23-12-10-18-6-3-4-7-19(18)15-23/h3-16H,17H2,1-2H3,(H,27,28). The predicted molar refractivity (Wildman–Crippen MR) is 127 cm³/mol.